The summed E-state index contributed by atoms with van der Waals surface area (Å²) in [5.74, 6) is -2.76. The fourth-order valence-electron chi connectivity index (χ4n) is 1.65. The number of nitrogen functional groups attached to an aromatic ring is 2. The van der Waals surface area contributed by atoms with E-state index in [1.807, 2.05) is 0 Å². The zero-order valence-electron chi connectivity index (χ0n) is 10.4. The van der Waals surface area contributed by atoms with E-state index in [1.54, 1.807) is 0 Å². The summed E-state index contributed by atoms with van der Waals surface area (Å²) >= 11 is 0. The van der Waals surface area contributed by atoms with Crippen molar-refractivity contribution in [3.63, 3.8) is 0 Å². The molecule has 4 N–H and O–H groups in total. The van der Waals surface area contributed by atoms with Crippen LogP contribution in [-0.2, 0) is 11.3 Å². The number of carbonyl (C=O) groups is 1. The molecule has 2 aromatic rings. The molecule has 0 aliphatic heterocycles. The molecule has 0 saturated heterocycles. The van der Waals surface area contributed by atoms with Crippen molar-refractivity contribution in [2.75, 3.05) is 11.5 Å². The maximum Gasteiger partial charge on any atom is 0.340 e. The van der Waals surface area contributed by atoms with Crippen LogP contribution in [0.25, 0.3) is 0 Å². The molecule has 104 valence electrons. The number of carbonyl (C=O) groups excluding carboxylic acids is 1. The molecule has 0 heterocycles. The predicted molar refractivity (Wildman–Crippen MR) is 70.7 cm³/mol. The Labute approximate surface area is 114 Å². The SMILES string of the molecule is Nc1ccc(C(=O)OCc2cccc(F)c2F)c(N)c1. The van der Waals surface area contributed by atoms with E-state index < -0.39 is 17.6 Å². The molecule has 6 heteroatoms. The van der Waals surface area contributed by atoms with Crippen LogP contribution in [0.5, 0.6) is 0 Å². The molecule has 0 unspecified atom stereocenters. The van der Waals surface area contributed by atoms with Crippen LogP contribution < -0.4 is 11.5 Å². The molecular formula is C14H12F2N2O2. The predicted octanol–water partition coefficient (Wildman–Crippen LogP) is 2.49. The first-order chi connectivity index (χ1) is 9.49. The average Bonchev–Trinajstić information content (AvgIpc) is 2.40. The standard InChI is InChI=1S/C14H12F2N2O2/c15-11-3-1-2-8(13(11)16)7-20-14(19)10-5-4-9(17)6-12(10)18/h1-6H,7,17-18H2. The summed E-state index contributed by atoms with van der Waals surface area (Å²) in [5.41, 5.74) is 11.8. The maximum absolute atomic E-state index is 13.4. The zero-order valence-corrected chi connectivity index (χ0v) is 10.4. The number of hydrogen-bond donors (Lipinski definition) is 2. The van der Waals surface area contributed by atoms with Gasteiger partial charge in [0.05, 0.1) is 5.56 Å². The van der Waals surface area contributed by atoms with E-state index >= 15 is 0 Å². The van der Waals surface area contributed by atoms with Crippen LogP contribution in [0.1, 0.15) is 15.9 Å². The smallest absolute Gasteiger partial charge is 0.340 e. The highest BCUT2D eigenvalue weighted by Gasteiger charge is 2.14. The first-order valence-corrected chi connectivity index (χ1v) is 5.74. The normalized spacial score (nSPS) is 10.3. The summed E-state index contributed by atoms with van der Waals surface area (Å²) < 4.78 is 31.3. The van der Waals surface area contributed by atoms with Gasteiger partial charge in [-0.25, -0.2) is 13.6 Å². The van der Waals surface area contributed by atoms with E-state index in [9.17, 15) is 13.6 Å². The van der Waals surface area contributed by atoms with Crippen molar-refractivity contribution in [3.05, 3.63) is 59.2 Å². The van der Waals surface area contributed by atoms with Gasteiger partial charge in [0.2, 0.25) is 0 Å². The summed E-state index contributed by atoms with van der Waals surface area (Å²) in [6, 6.07) is 7.97. The van der Waals surface area contributed by atoms with Gasteiger partial charge in [0.15, 0.2) is 11.6 Å². The van der Waals surface area contributed by atoms with Gasteiger partial charge in [-0.15, -0.1) is 0 Å². The minimum absolute atomic E-state index is 0.0487. The van der Waals surface area contributed by atoms with E-state index in [4.69, 9.17) is 16.2 Å². The molecular weight excluding hydrogens is 266 g/mol. The van der Waals surface area contributed by atoms with Crippen LogP contribution >= 0.6 is 0 Å². The fourth-order valence-corrected chi connectivity index (χ4v) is 1.65. The number of benzene rings is 2. The zero-order chi connectivity index (χ0) is 14.7. The number of hydrogen-bond acceptors (Lipinski definition) is 4. The van der Waals surface area contributed by atoms with Crippen LogP contribution in [0.3, 0.4) is 0 Å². The van der Waals surface area contributed by atoms with Crippen molar-refractivity contribution < 1.29 is 18.3 Å². The lowest BCUT2D eigenvalue weighted by atomic mass is 10.1. The third-order valence-electron chi connectivity index (χ3n) is 2.69. The van der Waals surface area contributed by atoms with Gasteiger partial charge in [0.25, 0.3) is 0 Å². The Kier molecular flexibility index (Phi) is 3.84. The largest absolute Gasteiger partial charge is 0.457 e. The minimum Gasteiger partial charge on any atom is -0.457 e. The van der Waals surface area contributed by atoms with Gasteiger partial charge in [-0.3, -0.25) is 0 Å². The molecule has 0 bridgehead atoms. The Balaban J connectivity index is 2.11. The number of nitrogens with two attached hydrogens (primary N) is 2. The lowest BCUT2D eigenvalue weighted by Crippen LogP contribution is -2.09. The maximum atomic E-state index is 13.4. The lowest BCUT2D eigenvalue weighted by molar-refractivity contribution is 0.0469. The second-order valence-electron chi connectivity index (χ2n) is 4.14. The molecule has 0 atom stereocenters. The Morgan fingerprint density at radius 1 is 1.15 bits per heavy atom. The molecule has 2 aromatic carbocycles. The second-order valence-corrected chi connectivity index (χ2v) is 4.14. The third-order valence-corrected chi connectivity index (χ3v) is 2.69. The first-order valence-electron chi connectivity index (χ1n) is 5.74. The van der Waals surface area contributed by atoms with E-state index in [0.29, 0.717) is 5.69 Å². The van der Waals surface area contributed by atoms with Gasteiger partial charge < -0.3 is 16.2 Å². The molecule has 0 aromatic heterocycles. The Morgan fingerprint density at radius 3 is 2.60 bits per heavy atom. The van der Waals surface area contributed by atoms with Crippen LogP contribution in [0.4, 0.5) is 20.2 Å². The summed E-state index contributed by atoms with van der Waals surface area (Å²) in [6.07, 6.45) is 0. The molecule has 0 aliphatic carbocycles. The highest BCUT2D eigenvalue weighted by atomic mass is 19.2. The topological polar surface area (TPSA) is 78.3 Å². The minimum atomic E-state index is -1.04. The summed E-state index contributed by atoms with van der Waals surface area (Å²) in [4.78, 5) is 11.8. The number of rotatable bonds is 3. The van der Waals surface area contributed by atoms with E-state index in [1.165, 1.54) is 30.3 Å². The molecule has 0 fully saturated rings. The van der Waals surface area contributed by atoms with E-state index in [-0.39, 0.29) is 23.4 Å². The lowest BCUT2D eigenvalue weighted by Gasteiger charge is -2.08. The molecule has 2 rings (SSSR count). The van der Waals surface area contributed by atoms with Crippen LogP contribution in [0.2, 0.25) is 0 Å². The van der Waals surface area contributed by atoms with Gasteiger partial charge in [-0.05, 0) is 24.3 Å². The van der Waals surface area contributed by atoms with Crippen LogP contribution in [-0.4, -0.2) is 5.97 Å². The number of ether oxygens (including phenoxy) is 1. The van der Waals surface area contributed by atoms with Crippen LogP contribution in [0.15, 0.2) is 36.4 Å². The summed E-state index contributed by atoms with van der Waals surface area (Å²) in [7, 11) is 0. The monoisotopic (exact) mass is 278 g/mol. The molecule has 0 radical (unpaired) electrons. The highest BCUT2D eigenvalue weighted by Crippen LogP contribution is 2.18. The molecule has 20 heavy (non-hydrogen) atoms. The second kappa shape index (κ2) is 5.56. The van der Waals surface area contributed by atoms with E-state index in [2.05, 4.69) is 0 Å². The van der Waals surface area contributed by atoms with Gasteiger partial charge >= 0.3 is 5.97 Å². The average molecular weight is 278 g/mol. The molecule has 0 spiro atoms. The Bertz CT molecular complexity index is 660. The van der Waals surface area contributed by atoms with Gasteiger partial charge in [-0.2, -0.15) is 0 Å². The van der Waals surface area contributed by atoms with Gasteiger partial charge in [-0.1, -0.05) is 12.1 Å². The molecule has 0 amide bonds. The van der Waals surface area contributed by atoms with Crippen molar-refractivity contribution in [2.45, 2.75) is 6.61 Å². The number of halogens is 2. The number of anilines is 2. The van der Waals surface area contributed by atoms with Crippen LogP contribution in [0, 0.1) is 11.6 Å². The van der Waals surface area contributed by atoms with Gasteiger partial charge in [0, 0.05) is 16.9 Å². The molecule has 0 aliphatic rings. The molecule has 4 nitrogen and oxygen atoms in total. The van der Waals surface area contributed by atoms with Gasteiger partial charge in [0.1, 0.15) is 6.61 Å². The van der Waals surface area contributed by atoms with Crippen molar-refractivity contribution >= 4 is 17.3 Å². The fraction of sp³-hybridized carbons (Fsp3) is 0.0714. The number of esters is 1. The molecule has 0 saturated carbocycles. The Morgan fingerprint density at radius 2 is 1.90 bits per heavy atom. The quantitative estimate of drug-likeness (QED) is 0.668. The summed E-state index contributed by atoms with van der Waals surface area (Å²) in [6.45, 7) is -0.383. The van der Waals surface area contributed by atoms with E-state index in [0.717, 1.165) is 6.07 Å². The third kappa shape index (κ3) is 2.85. The first kappa shape index (κ1) is 13.8. The van der Waals surface area contributed by atoms with Crippen molar-refractivity contribution in [1.82, 2.24) is 0 Å². The van der Waals surface area contributed by atoms with Crippen molar-refractivity contribution in [2.24, 2.45) is 0 Å². The summed E-state index contributed by atoms with van der Waals surface area (Å²) in [5, 5.41) is 0. The van der Waals surface area contributed by atoms with Crippen molar-refractivity contribution in [3.8, 4) is 0 Å². The highest BCUT2D eigenvalue weighted by molar-refractivity contribution is 5.95. The Hall–Kier alpha value is -2.63. The van der Waals surface area contributed by atoms with Crippen molar-refractivity contribution in [1.29, 1.82) is 0 Å².